The molecule has 0 aromatic heterocycles. The van der Waals surface area contributed by atoms with Gasteiger partial charge in [-0.25, -0.2) is 4.39 Å². The average molecular weight is 322 g/mol. The third kappa shape index (κ3) is 4.51. The second-order valence-electron chi connectivity index (χ2n) is 6.18. The lowest BCUT2D eigenvalue weighted by molar-refractivity contribution is -0.153. The molecule has 2 rings (SSSR count). The van der Waals surface area contributed by atoms with Crippen molar-refractivity contribution in [1.82, 2.24) is 10.2 Å². The van der Waals surface area contributed by atoms with Crippen molar-refractivity contribution in [3.8, 4) is 0 Å². The van der Waals surface area contributed by atoms with Crippen LogP contribution in [0.4, 0.5) is 4.39 Å². The molecule has 1 fully saturated rings. The molecule has 6 heteroatoms. The van der Waals surface area contributed by atoms with E-state index >= 15 is 0 Å². The fourth-order valence-corrected chi connectivity index (χ4v) is 2.90. The number of likely N-dealkylation sites (tertiary alicyclic amines) is 1. The van der Waals surface area contributed by atoms with Gasteiger partial charge in [0.15, 0.2) is 0 Å². The summed E-state index contributed by atoms with van der Waals surface area (Å²) in [6.45, 7) is 2.84. The molecule has 1 heterocycles. The first-order chi connectivity index (χ1) is 10.9. The Bertz CT molecular complexity index is 561. The molecule has 0 unspecified atom stereocenters. The van der Waals surface area contributed by atoms with Gasteiger partial charge in [-0.2, -0.15) is 0 Å². The van der Waals surface area contributed by atoms with Gasteiger partial charge in [0.05, 0.1) is 6.54 Å². The summed E-state index contributed by atoms with van der Waals surface area (Å²) in [5, 5.41) is 12.2. The zero-order chi connectivity index (χ0) is 16.9. The van der Waals surface area contributed by atoms with E-state index in [1.807, 2.05) is 0 Å². The van der Waals surface area contributed by atoms with Crippen LogP contribution in [-0.2, 0) is 16.0 Å². The number of nitrogens with one attached hydrogen (secondary N) is 1. The van der Waals surface area contributed by atoms with Crippen molar-refractivity contribution < 1.29 is 19.1 Å². The molecule has 0 bridgehead atoms. The molecule has 23 heavy (non-hydrogen) atoms. The third-order valence-corrected chi connectivity index (χ3v) is 4.48. The molecular weight excluding hydrogens is 299 g/mol. The summed E-state index contributed by atoms with van der Waals surface area (Å²) in [6, 6.07) is 6.16. The lowest BCUT2D eigenvalue weighted by Crippen LogP contribution is -2.57. The second kappa shape index (κ2) is 7.55. The minimum Gasteiger partial charge on any atom is -0.480 e. The van der Waals surface area contributed by atoms with Crippen LogP contribution in [0.3, 0.4) is 0 Å². The molecular formula is C17H23FN2O3. The van der Waals surface area contributed by atoms with Crippen molar-refractivity contribution in [2.75, 3.05) is 19.6 Å². The van der Waals surface area contributed by atoms with E-state index in [0.717, 1.165) is 18.4 Å². The van der Waals surface area contributed by atoms with Crippen molar-refractivity contribution in [3.63, 3.8) is 0 Å². The summed E-state index contributed by atoms with van der Waals surface area (Å²) in [4.78, 5) is 25.3. The number of aliphatic carboxylic acids is 1. The highest BCUT2D eigenvalue weighted by Crippen LogP contribution is 2.27. The van der Waals surface area contributed by atoms with Crippen LogP contribution in [0.25, 0.3) is 0 Å². The largest absolute Gasteiger partial charge is 0.480 e. The van der Waals surface area contributed by atoms with Gasteiger partial charge in [-0.1, -0.05) is 12.1 Å². The van der Waals surface area contributed by atoms with Crippen LogP contribution < -0.4 is 5.32 Å². The number of piperidine rings is 1. The number of carboxylic acids is 1. The molecule has 1 atom stereocenters. The summed E-state index contributed by atoms with van der Waals surface area (Å²) in [5.74, 6) is -1.34. The summed E-state index contributed by atoms with van der Waals surface area (Å²) in [6.07, 6.45) is 2.95. The number of hydrogen-bond donors (Lipinski definition) is 2. The minimum atomic E-state index is -0.966. The van der Waals surface area contributed by atoms with Crippen LogP contribution in [0.5, 0.6) is 0 Å². The van der Waals surface area contributed by atoms with Crippen molar-refractivity contribution in [2.24, 2.45) is 0 Å². The van der Waals surface area contributed by atoms with Gasteiger partial charge in [-0.15, -0.1) is 0 Å². The molecule has 1 aromatic rings. The molecule has 1 aliphatic heterocycles. The van der Waals surface area contributed by atoms with Gasteiger partial charge in [0.25, 0.3) is 0 Å². The summed E-state index contributed by atoms with van der Waals surface area (Å²) >= 11 is 0. The Morgan fingerprint density at radius 3 is 2.65 bits per heavy atom. The number of halogens is 1. The maximum atomic E-state index is 12.8. The first kappa shape index (κ1) is 17.4. The Kier molecular flexibility index (Phi) is 5.71. The molecule has 0 radical (unpaired) electrons. The highest BCUT2D eigenvalue weighted by molar-refractivity contribution is 5.82. The zero-order valence-corrected chi connectivity index (χ0v) is 13.3. The Balaban J connectivity index is 1.81. The van der Waals surface area contributed by atoms with Crippen LogP contribution >= 0.6 is 0 Å². The molecule has 0 aliphatic carbocycles. The lowest BCUT2D eigenvalue weighted by atomic mass is 9.88. The van der Waals surface area contributed by atoms with Crippen molar-refractivity contribution in [1.29, 1.82) is 0 Å². The fourth-order valence-electron chi connectivity index (χ4n) is 2.90. The third-order valence-electron chi connectivity index (χ3n) is 4.48. The monoisotopic (exact) mass is 322 g/mol. The molecule has 5 nitrogen and oxygen atoms in total. The van der Waals surface area contributed by atoms with E-state index in [4.69, 9.17) is 0 Å². The van der Waals surface area contributed by atoms with E-state index in [2.05, 4.69) is 5.32 Å². The van der Waals surface area contributed by atoms with E-state index < -0.39 is 11.5 Å². The van der Waals surface area contributed by atoms with E-state index in [1.54, 1.807) is 24.0 Å². The highest BCUT2D eigenvalue weighted by Gasteiger charge is 2.41. The second-order valence-corrected chi connectivity index (χ2v) is 6.18. The van der Waals surface area contributed by atoms with Gasteiger partial charge >= 0.3 is 5.97 Å². The topological polar surface area (TPSA) is 69.6 Å². The molecule has 1 aliphatic rings. The van der Waals surface area contributed by atoms with Gasteiger partial charge in [-0.3, -0.25) is 14.5 Å². The number of carboxylic acid groups (broad SMARTS) is 1. The molecule has 1 amide bonds. The van der Waals surface area contributed by atoms with Gasteiger partial charge in [0.2, 0.25) is 5.91 Å². The van der Waals surface area contributed by atoms with E-state index in [9.17, 15) is 19.1 Å². The number of carbonyl (C=O) groups excluding carboxylic acids is 1. The van der Waals surface area contributed by atoms with Crippen molar-refractivity contribution in [3.05, 3.63) is 35.6 Å². The number of carbonyl (C=O) groups is 2. The highest BCUT2D eigenvalue weighted by atomic mass is 19.1. The molecule has 0 saturated carbocycles. The standard InChI is InChI=1S/C17H23FN2O3/c1-17(16(22)23)9-2-3-11-20(17)12-15(21)19-10-8-13-4-6-14(18)7-5-13/h4-7H,2-3,8-12H2,1H3,(H,19,21)(H,22,23)/t17-/m0/s1. The summed E-state index contributed by atoms with van der Waals surface area (Å²) in [5.41, 5.74) is -0.0212. The van der Waals surface area contributed by atoms with E-state index in [0.29, 0.717) is 25.9 Å². The van der Waals surface area contributed by atoms with E-state index in [-0.39, 0.29) is 18.3 Å². The average Bonchev–Trinajstić information content (AvgIpc) is 2.51. The Morgan fingerprint density at radius 2 is 2.00 bits per heavy atom. The number of nitrogens with zero attached hydrogens (tertiary/aromatic N) is 1. The SMILES string of the molecule is C[C@@]1(C(=O)O)CCCCN1CC(=O)NCCc1ccc(F)cc1. The number of amides is 1. The van der Waals surface area contributed by atoms with E-state index in [1.165, 1.54) is 12.1 Å². The fraction of sp³-hybridized carbons (Fsp3) is 0.529. The predicted molar refractivity (Wildman–Crippen MR) is 84.6 cm³/mol. The predicted octanol–water partition coefficient (Wildman–Crippen LogP) is 1.81. The van der Waals surface area contributed by atoms with Gasteiger partial charge < -0.3 is 10.4 Å². The zero-order valence-electron chi connectivity index (χ0n) is 13.3. The van der Waals surface area contributed by atoms with Crippen molar-refractivity contribution in [2.45, 2.75) is 38.1 Å². The van der Waals surface area contributed by atoms with Gasteiger partial charge in [0, 0.05) is 6.54 Å². The Labute approximate surface area is 135 Å². The number of hydrogen-bond acceptors (Lipinski definition) is 3. The quantitative estimate of drug-likeness (QED) is 0.838. The Hall–Kier alpha value is -1.95. The molecule has 126 valence electrons. The maximum Gasteiger partial charge on any atom is 0.323 e. The van der Waals surface area contributed by atoms with Crippen molar-refractivity contribution >= 4 is 11.9 Å². The summed E-state index contributed by atoms with van der Waals surface area (Å²) < 4.78 is 12.8. The van der Waals surface area contributed by atoms with Crippen LogP contribution in [0.15, 0.2) is 24.3 Å². The van der Waals surface area contributed by atoms with Crippen LogP contribution in [0, 0.1) is 5.82 Å². The van der Waals surface area contributed by atoms with Crippen LogP contribution in [-0.4, -0.2) is 47.1 Å². The first-order valence-electron chi connectivity index (χ1n) is 7.91. The molecule has 1 saturated heterocycles. The van der Waals surface area contributed by atoms with Crippen LogP contribution in [0.1, 0.15) is 31.7 Å². The molecule has 0 spiro atoms. The molecule has 1 aromatic carbocycles. The Morgan fingerprint density at radius 1 is 1.30 bits per heavy atom. The van der Waals surface area contributed by atoms with Gasteiger partial charge in [-0.05, 0) is 56.8 Å². The summed E-state index contributed by atoms with van der Waals surface area (Å²) in [7, 11) is 0. The maximum absolute atomic E-state index is 12.8. The smallest absolute Gasteiger partial charge is 0.323 e. The molecule has 2 N–H and O–H groups in total. The van der Waals surface area contributed by atoms with Gasteiger partial charge in [0.1, 0.15) is 11.4 Å². The number of rotatable bonds is 6. The first-order valence-corrected chi connectivity index (χ1v) is 7.91. The number of benzene rings is 1. The lowest BCUT2D eigenvalue weighted by Gasteiger charge is -2.41. The van der Waals surface area contributed by atoms with Crippen LogP contribution in [0.2, 0.25) is 0 Å². The minimum absolute atomic E-state index is 0.0895. The normalized spacial score (nSPS) is 21.8.